The normalized spacial score (nSPS) is 21.1. The van der Waals surface area contributed by atoms with Crippen molar-refractivity contribution >= 4 is 35.7 Å². The van der Waals surface area contributed by atoms with E-state index in [1.807, 2.05) is 10.6 Å². The lowest BCUT2D eigenvalue weighted by atomic mass is 9.90. The van der Waals surface area contributed by atoms with Crippen molar-refractivity contribution in [3.63, 3.8) is 0 Å². The molecule has 0 aromatic heterocycles. The van der Waals surface area contributed by atoms with E-state index in [-0.39, 0.29) is 6.42 Å². The molecule has 0 radical (unpaired) electrons. The van der Waals surface area contributed by atoms with Crippen LogP contribution in [0.5, 0.6) is 0 Å². The fourth-order valence-corrected chi connectivity index (χ4v) is 1.46. The van der Waals surface area contributed by atoms with Crippen molar-refractivity contribution in [1.82, 2.24) is 20.4 Å². The summed E-state index contributed by atoms with van der Waals surface area (Å²) in [6, 6.07) is -1.31. The molecule has 22 heavy (non-hydrogen) atoms. The van der Waals surface area contributed by atoms with E-state index in [9.17, 15) is 28.8 Å². The van der Waals surface area contributed by atoms with Crippen LogP contribution in [0.3, 0.4) is 0 Å². The van der Waals surface area contributed by atoms with E-state index in [0.717, 1.165) is 9.80 Å². The Kier molecular flexibility index (Phi) is 4.64. The third-order valence-corrected chi connectivity index (χ3v) is 3.21. The first kappa shape index (κ1) is 17.3. The highest BCUT2D eigenvalue weighted by Crippen LogP contribution is 2.17. The summed E-state index contributed by atoms with van der Waals surface area (Å²) >= 11 is 0. The van der Waals surface area contributed by atoms with E-state index in [2.05, 4.69) is 0 Å². The second-order valence-corrected chi connectivity index (χ2v) is 5.23. The Morgan fingerprint density at radius 2 is 1.18 bits per heavy atom. The number of imide groups is 4. The van der Waals surface area contributed by atoms with Crippen molar-refractivity contribution in [2.75, 3.05) is 14.1 Å². The summed E-state index contributed by atoms with van der Waals surface area (Å²) in [6.07, 6.45) is -0.210. The summed E-state index contributed by atoms with van der Waals surface area (Å²) in [5, 5.41) is 3.98. The summed E-state index contributed by atoms with van der Waals surface area (Å²) in [4.78, 5) is 66.9. The maximum Gasteiger partial charge on any atom is 0.332 e. The highest BCUT2D eigenvalue weighted by Gasteiger charge is 2.41. The van der Waals surface area contributed by atoms with Crippen molar-refractivity contribution in [1.29, 1.82) is 0 Å². The van der Waals surface area contributed by atoms with Gasteiger partial charge in [0.05, 0.1) is 0 Å². The van der Waals surface area contributed by atoms with Crippen LogP contribution in [0.2, 0.25) is 0 Å². The highest BCUT2D eigenvalue weighted by molar-refractivity contribution is 6.18. The second kappa shape index (κ2) is 5.92. The van der Waals surface area contributed by atoms with Crippen LogP contribution in [0.4, 0.5) is 9.59 Å². The standard InChI is InChI=1S/2C6H8N2O3/c1-6(2)3(9)7-5(11)8-4(6)10;1-7-4(9)3-5(10)8(2)6(7)11/h1-2H3,(H2,7,8,9,10,11);3H2,1-2H3. The fraction of sp³-hybridized carbons (Fsp3) is 0.500. The quantitative estimate of drug-likeness (QED) is 0.540. The molecule has 2 rings (SSSR count). The number of hydrogen-bond donors (Lipinski definition) is 2. The summed E-state index contributed by atoms with van der Waals surface area (Å²) in [6.45, 7) is 2.90. The van der Waals surface area contributed by atoms with Crippen LogP contribution < -0.4 is 10.6 Å². The van der Waals surface area contributed by atoms with E-state index < -0.39 is 41.1 Å². The third-order valence-electron chi connectivity index (χ3n) is 3.21. The minimum Gasteiger partial charge on any atom is -0.277 e. The Hall–Kier alpha value is -2.78. The molecule has 0 spiro atoms. The Morgan fingerprint density at radius 1 is 0.818 bits per heavy atom. The molecular formula is C12H16N4O6. The predicted octanol–water partition coefficient (Wildman–Crippen LogP) is -1.19. The number of urea groups is 2. The molecule has 0 unspecified atom stereocenters. The van der Waals surface area contributed by atoms with Crippen LogP contribution in [0, 0.1) is 5.41 Å². The van der Waals surface area contributed by atoms with Gasteiger partial charge < -0.3 is 0 Å². The molecule has 2 aliphatic heterocycles. The molecule has 120 valence electrons. The summed E-state index contributed by atoms with van der Waals surface area (Å²) in [5.41, 5.74) is -1.14. The first-order valence-corrected chi connectivity index (χ1v) is 6.22. The van der Waals surface area contributed by atoms with E-state index in [1.165, 1.54) is 27.9 Å². The molecule has 2 aliphatic rings. The van der Waals surface area contributed by atoms with Gasteiger partial charge in [0.2, 0.25) is 23.6 Å². The smallest absolute Gasteiger partial charge is 0.277 e. The van der Waals surface area contributed by atoms with Gasteiger partial charge in [-0.3, -0.25) is 39.6 Å². The number of rotatable bonds is 0. The van der Waals surface area contributed by atoms with Crippen molar-refractivity contribution in [2.45, 2.75) is 20.3 Å². The number of carbonyl (C=O) groups excluding carboxylic acids is 6. The molecule has 10 nitrogen and oxygen atoms in total. The first-order valence-electron chi connectivity index (χ1n) is 6.22. The Balaban J connectivity index is 0.000000220. The molecule has 0 aromatic rings. The first-order chi connectivity index (χ1) is 9.98. The fourth-order valence-electron chi connectivity index (χ4n) is 1.46. The lowest BCUT2D eigenvalue weighted by Crippen LogP contribution is -2.60. The van der Waals surface area contributed by atoms with Gasteiger partial charge in [-0.25, -0.2) is 9.59 Å². The Labute approximate surface area is 125 Å². The number of carbonyl (C=O) groups is 6. The lowest BCUT2D eigenvalue weighted by molar-refractivity contribution is -0.143. The summed E-state index contributed by atoms with van der Waals surface area (Å²) in [7, 11) is 2.71. The number of nitrogens with zero attached hydrogens (tertiary/aromatic N) is 2. The third kappa shape index (κ3) is 3.27. The van der Waals surface area contributed by atoms with Gasteiger partial charge in [0, 0.05) is 14.1 Å². The van der Waals surface area contributed by atoms with E-state index in [0.29, 0.717) is 0 Å². The van der Waals surface area contributed by atoms with Gasteiger partial charge >= 0.3 is 12.1 Å². The van der Waals surface area contributed by atoms with Crippen LogP contribution in [0.1, 0.15) is 20.3 Å². The topological polar surface area (TPSA) is 133 Å². The van der Waals surface area contributed by atoms with Gasteiger partial charge in [-0.2, -0.15) is 0 Å². The predicted molar refractivity (Wildman–Crippen MR) is 71.0 cm³/mol. The maximum absolute atomic E-state index is 11.0. The maximum atomic E-state index is 11.0. The van der Waals surface area contributed by atoms with Crippen LogP contribution in [-0.2, 0) is 19.2 Å². The van der Waals surface area contributed by atoms with E-state index in [4.69, 9.17) is 0 Å². The van der Waals surface area contributed by atoms with Crippen LogP contribution >= 0.6 is 0 Å². The zero-order valence-electron chi connectivity index (χ0n) is 12.6. The van der Waals surface area contributed by atoms with E-state index >= 15 is 0 Å². The average Bonchev–Trinajstić information content (AvgIpc) is 2.42. The molecule has 0 aromatic carbocycles. The summed E-state index contributed by atoms with van der Waals surface area (Å²) in [5.74, 6) is -2.02. The Bertz CT molecular complexity index is 535. The van der Waals surface area contributed by atoms with Crippen molar-refractivity contribution < 1.29 is 28.8 Å². The van der Waals surface area contributed by atoms with Gasteiger partial charge in [0.1, 0.15) is 11.8 Å². The van der Waals surface area contributed by atoms with Crippen LogP contribution in [0.25, 0.3) is 0 Å². The summed E-state index contributed by atoms with van der Waals surface area (Å²) < 4.78 is 0. The molecule has 2 fully saturated rings. The molecule has 0 atom stereocenters. The second-order valence-electron chi connectivity index (χ2n) is 5.23. The lowest BCUT2D eigenvalue weighted by Gasteiger charge is -2.26. The number of nitrogens with one attached hydrogen (secondary N) is 2. The number of amides is 8. The highest BCUT2D eigenvalue weighted by atomic mass is 16.2. The molecule has 10 heteroatoms. The zero-order valence-corrected chi connectivity index (χ0v) is 12.6. The van der Waals surface area contributed by atoms with Crippen molar-refractivity contribution in [2.24, 2.45) is 5.41 Å². The number of barbiturate groups is 2. The van der Waals surface area contributed by atoms with Gasteiger partial charge in [-0.15, -0.1) is 0 Å². The molecule has 2 heterocycles. The zero-order chi connectivity index (χ0) is 17.2. The average molecular weight is 312 g/mol. The Morgan fingerprint density at radius 3 is 1.55 bits per heavy atom. The van der Waals surface area contributed by atoms with E-state index in [1.54, 1.807) is 0 Å². The largest absolute Gasteiger partial charge is 0.332 e. The molecule has 0 aliphatic carbocycles. The number of hydrogen-bond acceptors (Lipinski definition) is 6. The van der Waals surface area contributed by atoms with Gasteiger partial charge in [0.25, 0.3) is 0 Å². The molecule has 8 amide bonds. The van der Waals surface area contributed by atoms with Crippen molar-refractivity contribution in [3.8, 4) is 0 Å². The van der Waals surface area contributed by atoms with Crippen LogP contribution in [0.15, 0.2) is 0 Å². The molecule has 0 saturated carbocycles. The van der Waals surface area contributed by atoms with Gasteiger partial charge in [-0.05, 0) is 13.8 Å². The molecule has 2 saturated heterocycles. The monoisotopic (exact) mass is 312 g/mol. The van der Waals surface area contributed by atoms with Gasteiger partial charge in [-0.1, -0.05) is 0 Å². The molecule has 2 N–H and O–H groups in total. The SMILES string of the molecule is CC1(C)C(=O)NC(=O)NC1=O.CN1C(=O)CC(=O)N(C)C1=O. The van der Waals surface area contributed by atoms with Gasteiger partial charge in [0.15, 0.2) is 0 Å². The van der Waals surface area contributed by atoms with Crippen LogP contribution in [-0.4, -0.2) is 59.6 Å². The minimum atomic E-state index is -1.14. The van der Waals surface area contributed by atoms with Crippen molar-refractivity contribution in [3.05, 3.63) is 0 Å². The molecule has 0 bridgehead atoms. The minimum absolute atomic E-state index is 0.210. The molecular weight excluding hydrogens is 296 g/mol.